The smallest absolute Gasteiger partial charge is 0.433 e. The number of carbonyl (C=O) groups excluding carboxylic acids is 1. The molecule has 0 fully saturated rings. The van der Waals surface area contributed by atoms with Crippen LogP contribution in [0.3, 0.4) is 0 Å². The monoisotopic (exact) mass is 161 g/mol. The van der Waals surface area contributed by atoms with Crippen molar-refractivity contribution in [1.29, 1.82) is 0 Å². The molecule has 0 aliphatic rings. The first-order valence-electron chi connectivity index (χ1n) is 3.84. The number of nitrogens with two attached hydrogens (primary N) is 1. The van der Waals surface area contributed by atoms with Gasteiger partial charge < -0.3 is 9.57 Å². The molecule has 0 aromatic heterocycles. The summed E-state index contributed by atoms with van der Waals surface area (Å²) < 4.78 is 4.55. The van der Waals surface area contributed by atoms with E-state index in [2.05, 4.69) is 22.4 Å². The van der Waals surface area contributed by atoms with E-state index in [0.29, 0.717) is 6.61 Å². The van der Waals surface area contributed by atoms with Crippen LogP contribution in [0.5, 0.6) is 0 Å². The van der Waals surface area contributed by atoms with Crippen LogP contribution in [0.25, 0.3) is 0 Å². The van der Waals surface area contributed by atoms with Gasteiger partial charge in [0.25, 0.3) is 0 Å². The van der Waals surface area contributed by atoms with Crippen molar-refractivity contribution in [2.45, 2.75) is 32.6 Å². The molecule has 0 aromatic carbocycles. The summed E-state index contributed by atoms with van der Waals surface area (Å²) in [4.78, 5) is 14.1. The summed E-state index contributed by atoms with van der Waals surface area (Å²) in [7, 11) is 0. The highest BCUT2D eigenvalue weighted by Gasteiger charge is 1.98. The van der Waals surface area contributed by atoms with Gasteiger partial charge in [0.1, 0.15) is 0 Å². The van der Waals surface area contributed by atoms with Crippen molar-refractivity contribution in [3.8, 4) is 0 Å². The lowest BCUT2D eigenvalue weighted by molar-refractivity contribution is 0.0540. The van der Waals surface area contributed by atoms with Crippen LogP contribution in [0.2, 0.25) is 0 Å². The van der Waals surface area contributed by atoms with Crippen LogP contribution < -0.4 is 5.90 Å². The highest BCUT2D eigenvalue weighted by atomic mass is 16.8. The first-order valence-corrected chi connectivity index (χ1v) is 3.84. The molecule has 11 heavy (non-hydrogen) atoms. The normalized spacial score (nSPS) is 9.27. The van der Waals surface area contributed by atoms with Gasteiger partial charge in [0.15, 0.2) is 0 Å². The van der Waals surface area contributed by atoms with E-state index in [1.165, 1.54) is 12.8 Å². The predicted octanol–water partition coefficient (Wildman–Crippen LogP) is 1.59. The Balaban J connectivity index is 2.95. The third-order valence-electron chi connectivity index (χ3n) is 1.31. The molecule has 0 aromatic rings. The summed E-state index contributed by atoms with van der Waals surface area (Å²) in [6.07, 6.45) is 3.49. The molecule has 0 saturated heterocycles. The van der Waals surface area contributed by atoms with Crippen molar-refractivity contribution in [2.75, 3.05) is 6.61 Å². The minimum Gasteiger partial charge on any atom is -0.433 e. The number of ether oxygens (including phenoxy) is 1. The van der Waals surface area contributed by atoms with E-state index in [-0.39, 0.29) is 0 Å². The lowest BCUT2D eigenvalue weighted by Gasteiger charge is -2.00. The minimum atomic E-state index is -0.804. The van der Waals surface area contributed by atoms with Gasteiger partial charge >= 0.3 is 6.16 Å². The van der Waals surface area contributed by atoms with E-state index in [1.54, 1.807) is 0 Å². The fourth-order valence-corrected chi connectivity index (χ4v) is 0.718. The summed E-state index contributed by atoms with van der Waals surface area (Å²) in [5.41, 5.74) is 0. The Hall–Kier alpha value is -0.770. The Labute approximate surface area is 66.6 Å². The molecule has 0 aliphatic heterocycles. The molecule has 0 spiro atoms. The SMILES string of the molecule is CCCCCCOC(=O)ON. The summed E-state index contributed by atoms with van der Waals surface area (Å²) in [5.74, 6) is 4.54. The molecule has 0 atom stereocenters. The van der Waals surface area contributed by atoms with E-state index in [1.807, 2.05) is 0 Å². The van der Waals surface area contributed by atoms with Crippen molar-refractivity contribution in [1.82, 2.24) is 0 Å². The second-order valence-corrected chi connectivity index (χ2v) is 2.28. The van der Waals surface area contributed by atoms with Crippen LogP contribution >= 0.6 is 0 Å². The average Bonchev–Trinajstić information content (AvgIpc) is 2.04. The quantitative estimate of drug-likeness (QED) is 0.378. The Morgan fingerprint density at radius 1 is 1.36 bits per heavy atom. The fourth-order valence-electron chi connectivity index (χ4n) is 0.718. The summed E-state index contributed by atoms with van der Waals surface area (Å²) in [6, 6.07) is 0. The van der Waals surface area contributed by atoms with Crippen LogP contribution in [0.15, 0.2) is 0 Å². The van der Waals surface area contributed by atoms with Crippen molar-refractivity contribution in [3.63, 3.8) is 0 Å². The highest BCUT2D eigenvalue weighted by Crippen LogP contribution is 1.98. The largest absolute Gasteiger partial charge is 0.527 e. The number of rotatable bonds is 5. The van der Waals surface area contributed by atoms with E-state index in [9.17, 15) is 4.79 Å². The van der Waals surface area contributed by atoms with Crippen LogP contribution in [0.4, 0.5) is 4.79 Å². The molecule has 66 valence electrons. The van der Waals surface area contributed by atoms with Gasteiger partial charge in [-0.25, -0.2) is 4.79 Å². The maximum absolute atomic E-state index is 10.3. The van der Waals surface area contributed by atoms with Crippen LogP contribution in [0, 0.1) is 0 Å². The Morgan fingerprint density at radius 2 is 2.09 bits per heavy atom. The Kier molecular flexibility index (Phi) is 6.82. The lowest BCUT2D eigenvalue weighted by Crippen LogP contribution is -2.12. The standard InChI is InChI=1S/C7H15NO3/c1-2-3-4-5-6-10-7(9)11-8/h2-6,8H2,1H3. The van der Waals surface area contributed by atoms with Crippen LogP contribution in [-0.2, 0) is 9.57 Å². The van der Waals surface area contributed by atoms with Gasteiger partial charge in [-0.3, -0.25) is 0 Å². The van der Waals surface area contributed by atoms with E-state index in [4.69, 9.17) is 0 Å². The summed E-state index contributed by atoms with van der Waals surface area (Å²) in [6.45, 7) is 2.52. The second-order valence-electron chi connectivity index (χ2n) is 2.28. The predicted molar refractivity (Wildman–Crippen MR) is 40.8 cm³/mol. The van der Waals surface area contributed by atoms with Crippen molar-refractivity contribution in [3.05, 3.63) is 0 Å². The number of unbranched alkanes of at least 4 members (excludes halogenated alkanes) is 3. The molecule has 0 aliphatic carbocycles. The molecule has 0 bridgehead atoms. The molecule has 2 N–H and O–H groups in total. The van der Waals surface area contributed by atoms with Gasteiger partial charge in [0, 0.05) is 0 Å². The van der Waals surface area contributed by atoms with Crippen molar-refractivity contribution >= 4 is 6.16 Å². The maximum Gasteiger partial charge on any atom is 0.527 e. The molecular formula is C7H15NO3. The fraction of sp³-hybridized carbons (Fsp3) is 0.857. The van der Waals surface area contributed by atoms with Crippen molar-refractivity contribution < 1.29 is 14.4 Å². The molecule has 0 unspecified atom stereocenters. The molecule has 4 nitrogen and oxygen atoms in total. The highest BCUT2D eigenvalue weighted by molar-refractivity contribution is 5.59. The first-order chi connectivity index (χ1) is 5.31. The molecule has 0 saturated carbocycles. The molecule has 0 amide bonds. The van der Waals surface area contributed by atoms with Crippen molar-refractivity contribution in [2.24, 2.45) is 5.90 Å². The Morgan fingerprint density at radius 3 is 2.64 bits per heavy atom. The zero-order chi connectivity index (χ0) is 8.53. The van der Waals surface area contributed by atoms with Gasteiger partial charge in [-0.15, -0.1) is 0 Å². The zero-order valence-corrected chi connectivity index (χ0v) is 6.84. The Bertz CT molecular complexity index is 106. The number of hydrogen-bond acceptors (Lipinski definition) is 4. The van der Waals surface area contributed by atoms with Gasteiger partial charge in [0.2, 0.25) is 0 Å². The summed E-state index contributed by atoms with van der Waals surface area (Å²) >= 11 is 0. The van der Waals surface area contributed by atoms with Crippen LogP contribution in [0.1, 0.15) is 32.6 Å². The summed E-state index contributed by atoms with van der Waals surface area (Å²) in [5, 5.41) is 0. The van der Waals surface area contributed by atoms with Gasteiger partial charge in [0.05, 0.1) is 6.61 Å². The third-order valence-corrected chi connectivity index (χ3v) is 1.31. The molecule has 0 rings (SSSR count). The average molecular weight is 161 g/mol. The van der Waals surface area contributed by atoms with E-state index < -0.39 is 6.16 Å². The van der Waals surface area contributed by atoms with Gasteiger partial charge in [-0.2, -0.15) is 5.90 Å². The van der Waals surface area contributed by atoms with Crippen LogP contribution in [-0.4, -0.2) is 12.8 Å². The third kappa shape index (κ3) is 7.12. The number of hydrogen-bond donors (Lipinski definition) is 1. The topological polar surface area (TPSA) is 61.5 Å². The van der Waals surface area contributed by atoms with Gasteiger partial charge in [-0.1, -0.05) is 26.2 Å². The van der Waals surface area contributed by atoms with Gasteiger partial charge in [-0.05, 0) is 6.42 Å². The molecule has 0 heterocycles. The van der Waals surface area contributed by atoms with E-state index in [0.717, 1.165) is 12.8 Å². The van der Waals surface area contributed by atoms with E-state index >= 15 is 0 Å². The molecule has 0 radical (unpaired) electrons. The first kappa shape index (κ1) is 10.2. The molecule has 4 heteroatoms. The lowest BCUT2D eigenvalue weighted by atomic mass is 10.2. The second kappa shape index (κ2) is 7.34. The zero-order valence-electron chi connectivity index (χ0n) is 6.84. The molecular weight excluding hydrogens is 146 g/mol. The number of carbonyl (C=O) groups is 1. The minimum absolute atomic E-state index is 0.399. The maximum atomic E-state index is 10.3.